The minimum absolute atomic E-state index is 0.187. The molecule has 2 aromatic carbocycles. The van der Waals surface area contributed by atoms with Crippen molar-refractivity contribution < 1.29 is 29.2 Å². The molecule has 31 heavy (non-hydrogen) atoms. The Morgan fingerprint density at radius 1 is 1.10 bits per heavy atom. The highest BCUT2D eigenvalue weighted by molar-refractivity contribution is 5.87. The summed E-state index contributed by atoms with van der Waals surface area (Å²) in [4.78, 5) is 11.0. The Kier molecular flexibility index (Phi) is 6.42. The number of fused-ring (bicyclic) bond motifs is 1. The molecule has 0 fully saturated rings. The summed E-state index contributed by atoms with van der Waals surface area (Å²) in [6, 6.07) is 9.92. The van der Waals surface area contributed by atoms with E-state index in [9.17, 15) is 9.90 Å². The summed E-state index contributed by atoms with van der Waals surface area (Å²) in [7, 11) is 1.61. The van der Waals surface area contributed by atoms with Gasteiger partial charge >= 0.3 is 5.97 Å². The first-order chi connectivity index (χ1) is 14.5. The number of hydrogen-bond donors (Lipinski definition) is 2. The van der Waals surface area contributed by atoms with E-state index in [4.69, 9.17) is 19.3 Å². The van der Waals surface area contributed by atoms with E-state index >= 15 is 0 Å². The number of aromatic carboxylic acids is 1. The topological polar surface area (TPSA) is 85.2 Å². The highest BCUT2D eigenvalue weighted by atomic mass is 16.5. The third-order valence-corrected chi connectivity index (χ3v) is 5.23. The number of methoxy groups -OCH3 is 1. The van der Waals surface area contributed by atoms with Gasteiger partial charge in [-0.1, -0.05) is 11.8 Å². The molecule has 1 unspecified atom stereocenters. The molecule has 1 aliphatic rings. The Morgan fingerprint density at radius 3 is 2.39 bits per heavy atom. The molecule has 0 amide bonds. The Balaban J connectivity index is 1.96. The number of carboxylic acids is 1. The van der Waals surface area contributed by atoms with Crippen molar-refractivity contribution in [2.75, 3.05) is 20.3 Å². The van der Waals surface area contributed by atoms with E-state index in [2.05, 4.69) is 11.8 Å². The van der Waals surface area contributed by atoms with Gasteiger partial charge in [-0.05, 0) is 75.2 Å². The summed E-state index contributed by atoms with van der Waals surface area (Å²) in [5.41, 5.74) is 2.24. The van der Waals surface area contributed by atoms with Crippen molar-refractivity contribution >= 4 is 5.97 Å². The monoisotopic (exact) mass is 424 g/mol. The van der Waals surface area contributed by atoms with E-state index in [0.29, 0.717) is 30.1 Å². The minimum Gasteiger partial charge on any atom is -0.491 e. The fraction of sp³-hybridized carbons (Fsp3) is 0.400. The molecule has 3 rings (SSSR count). The van der Waals surface area contributed by atoms with Gasteiger partial charge in [0.1, 0.15) is 18.5 Å². The average molecular weight is 424 g/mol. The smallest absolute Gasteiger partial charge is 0.335 e. The van der Waals surface area contributed by atoms with Gasteiger partial charge in [0.05, 0.1) is 23.4 Å². The molecule has 0 aromatic heterocycles. The second-order valence-corrected chi connectivity index (χ2v) is 8.46. The van der Waals surface area contributed by atoms with E-state index in [1.165, 1.54) is 12.1 Å². The summed E-state index contributed by atoms with van der Waals surface area (Å²) in [5.74, 6) is 5.39. The van der Waals surface area contributed by atoms with E-state index in [0.717, 1.165) is 11.1 Å². The molecule has 6 nitrogen and oxygen atoms in total. The molecule has 0 spiro atoms. The van der Waals surface area contributed by atoms with Crippen LogP contribution in [0.25, 0.3) is 0 Å². The molecule has 0 aliphatic carbocycles. The summed E-state index contributed by atoms with van der Waals surface area (Å²) in [5, 5.41) is 19.8. The Hall–Kier alpha value is -2.85. The normalized spacial score (nSPS) is 16.7. The Bertz CT molecular complexity index is 1020. The number of carbonyl (C=O) groups is 1. The molecule has 2 aromatic rings. The van der Waals surface area contributed by atoms with Gasteiger partial charge in [0.25, 0.3) is 0 Å². The first kappa shape index (κ1) is 22.8. The van der Waals surface area contributed by atoms with Crippen LogP contribution in [0.2, 0.25) is 0 Å². The van der Waals surface area contributed by atoms with Gasteiger partial charge in [0.2, 0.25) is 0 Å². The summed E-state index contributed by atoms with van der Waals surface area (Å²) >= 11 is 0. The molecule has 0 bridgehead atoms. The minimum atomic E-state index is -1.05. The van der Waals surface area contributed by atoms with Crippen LogP contribution in [0.4, 0.5) is 0 Å². The van der Waals surface area contributed by atoms with Crippen LogP contribution in [-0.4, -0.2) is 36.5 Å². The fourth-order valence-electron chi connectivity index (χ4n) is 3.91. The predicted octanol–water partition coefficient (Wildman–Crippen LogP) is 4.00. The maximum Gasteiger partial charge on any atom is 0.335 e. The van der Waals surface area contributed by atoms with Crippen LogP contribution in [-0.2, 0) is 20.7 Å². The zero-order valence-corrected chi connectivity index (χ0v) is 18.5. The lowest BCUT2D eigenvalue weighted by Crippen LogP contribution is -2.22. The Labute approximate surface area is 182 Å². The quantitative estimate of drug-likeness (QED) is 0.539. The molecule has 6 heteroatoms. The molecule has 1 aliphatic heterocycles. The molecule has 0 saturated carbocycles. The lowest BCUT2D eigenvalue weighted by atomic mass is 9.87. The zero-order chi connectivity index (χ0) is 22.8. The first-order valence-corrected chi connectivity index (χ1v) is 10.1. The molecular formula is C25H28O6. The maximum absolute atomic E-state index is 11.0. The van der Waals surface area contributed by atoms with Gasteiger partial charge in [0, 0.05) is 18.2 Å². The van der Waals surface area contributed by atoms with Gasteiger partial charge in [-0.25, -0.2) is 4.79 Å². The van der Waals surface area contributed by atoms with Crippen molar-refractivity contribution in [3.63, 3.8) is 0 Å². The third kappa shape index (κ3) is 4.91. The largest absolute Gasteiger partial charge is 0.491 e. The molecule has 2 N–H and O–H groups in total. The van der Waals surface area contributed by atoms with Gasteiger partial charge < -0.3 is 24.4 Å². The van der Waals surface area contributed by atoms with Crippen LogP contribution in [0.15, 0.2) is 36.4 Å². The number of ether oxygens (including phenoxy) is 3. The van der Waals surface area contributed by atoms with Gasteiger partial charge in [-0.3, -0.25) is 0 Å². The van der Waals surface area contributed by atoms with Crippen molar-refractivity contribution in [1.29, 1.82) is 0 Å². The molecular weight excluding hydrogens is 396 g/mol. The number of benzene rings is 2. The van der Waals surface area contributed by atoms with Crippen LogP contribution < -0.4 is 4.74 Å². The second kappa shape index (κ2) is 8.72. The predicted molar refractivity (Wildman–Crippen MR) is 116 cm³/mol. The number of rotatable bonds is 6. The maximum atomic E-state index is 11.0. The lowest BCUT2D eigenvalue weighted by molar-refractivity contribution is -0.105. The molecule has 0 radical (unpaired) electrons. The van der Waals surface area contributed by atoms with Crippen LogP contribution in [0, 0.1) is 11.8 Å². The molecule has 0 saturated heterocycles. The van der Waals surface area contributed by atoms with Crippen LogP contribution >= 0.6 is 0 Å². The summed E-state index contributed by atoms with van der Waals surface area (Å²) < 4.78 is 17.4. The van der Waals surface area contributed by atoms with Crippen molar-refractivity contribution in [2.45, 2.75) is 45.0 Å². The highest BCUT2D eigenvalue weighted by Gasteiger charge is 2.45. The number of aliphatic hydroxyl groups is 1. The first-order valence-electron chi connectivity index (χ1n) is 10.1. The lowest BCUT2D eigenvalue weighted by Gasteiger charge is -2.25. The summed E-state index contributed by atoms with van der Waals surface area (Å²) in [6.45, 7) is 8.80. The fourth-order valence-corrected chi connectivity index (χ4v) is 3.91. The van der Waals surface area contributed by atoms with Crippen molar-refractivity contribution in [1.82, 2.24) is 0 Å². The van der Waals surface area contributed by atoms with E-state index in [1.54, 1.807) is 25.3 Å². The van der Waals surface area contributed by atoms with Crippen LogP contribution in [0.3, 0.4) is 0 Å². The second-order valence-electron chi connectivity index (χ2n) is 8.46. The van der Waals surface area contributed by atoms with Crippen LogP contribution in [0.5, 0.6) is 5.75 Å². The number of aliphatic hydroxyl groups excluding tert-OH is 1. The van der Waals surface area contributed by atoms with Gasteiger partial charge in [-0.15, -0.1) is 0 Å². The average Bonchev–Trinajstić information content (AvgIpc) is 2.90. The standard InChI is InChI=1S/C25H28O6/c1-24(2)19-14-18(15-21(30-13-12-29-5)22(19)25(3,4)31-24)20(26)11-8-16-6-9-17(10-7-16)23(27)28/h6-7,9-10,14-15,20,26H,12-13H2,1-5H3,(H,27,28). The number of carboxylic acid groups (broad SMARTS) is 1. The van der Waals surface area contributed by atoms with E-state index < -0.39 is 23.3 Å². The van der Waals surface area contributed by atoms with Crippen molar-refractivity contribution in [3.05, 3.63) is 64.2 Å². The van der Waals surface area contributed by atoms with Crippen molar-refractivity contribution in [2.24, 2.45) is 0 Å². The SMILES string of the molecule is COCCOc1cc(C(O)C#Cc2ccc(C(=O)O)cc2)cc2c1C(C)(C)OC2(C)C. The number of hydrogen-bond acceptors (Lipinski definition) is 5. The Morgan fingerprint density at radius 2 is 1.77 bits per heavy atom. The highest BCUT2D eigenvalue weighted by Crippen LogP contribution is 2.51. The summed E-state index contributed by atoms with van der Waals surface area (Å²) in [6.07, 6.45) is -1.05. The van der Waals surface area contributed by atoms with Crippen molar-refractivity contribution in [3.8, 4) is 17.6 Å². The van der Waals surface area contributed by atoms with Gasteiger partial charge in [0.15, 0.2) is 0 Å². The zero-order valence-electron chi connectivity index (χ0n) is 18.5. The molecule has 164 valence electrons. The third-order valence-electron chi connectivity index (χ3n) is 5.23. The molecule has 1 heterocycles. The van der Waals surface area contributed by atoms with Crippen LogP contribution in [0.1, 0.15) is 66.4 Å². The molecule has 1 atom stereocenters. The van der Waals surface area contributed by atoms with E-state index in [-0.39, 0.29) is 5.56 Å². The van der Waals surface area contributed by atoms with Gasteiger partial charge in [-0.2, -0.15) is 0 Å². The van der Waals surface area contributed by atoms with E-state index in [1.807, 2.05) is 33.8 Å².